The molecule has 0 aromatic heterocycles. The maximum absolute atomic E-state index is 12.5. The van der Waals surface area contributed by atoms with E-state index in [9.17, 15) is 9.59 Å². The summed E-state index contributed by atoms with van der Waals surface area (Å²) in [5.41, 5.74) is 1.73. The number of rotatable bonds is 3. The Bertz CT molecular complexity index is 651. The molecule has 1 aromatic rings. The molecular weight excluding hydrogens is 306 g/mol. The fraction of sp³-hybridized carbons (Fsp3) is 0.500. The van der Waals surface area contributed by atoms with Gasteiger partial charge in [0.2, 0.25) is 5.91 Å². The lowest BCUT2D eigenvalue weighted by Gasteiger charge is -2.40. The van der Waals surface area contributed by atoms with Gasteiger partial charge in [-0.2, -0.15) is 5.26 Å². The van der Waals surface area contributed by atoms with Crippen molar-refractivity contribution < 1.29 is 14.3 Å². The minimum absolute atomic E-state index is 0.0319. The summed E-state index contributed by atoms with van der Waals surface area (Å²) in [6, 6.07) is 9.64. The van der Waals surface area contributed by atoms with Crippen molar-refractivity contribution in [1.29, 1.82) is 5.26 Å². The smallest absolute Gasteiger partial charge is 0.308 e. The third-order valence-corrected chi connectivity index (χ3v) is 4.97. The molecule has 0 bridgehead atoms. The Balaban J connectivity index is 1.49. The standard InChI is InChI=1S/C18H21N3O3/c1-24-18(23)15-10-14(11-15)17(22)21-8-6-20(7-9-21)16-4-2-13(12-19)3-5-16/h2-5,14-15H,6-11H2,1H3. The van der Waals surface area contributed by atoms with E-state index in [1.807, 2.05) is 29.2 Å². The molecule has 1 aliphatic carbocycles. The predicted molar refractivity (Wildman–Crippen MR) is 88.2 cm³/mol. The Morgan fingerprint density at radius 2 is 1.71 bits per heavy atom. The Morgan fingerprint density at radius 1 is 1.08 bits per heavy atom. The monoisotopic (exact) mass is 327 g/mol. The fourth-order valence-electron chi connectivity index (χ4n) is 3.37. The zero-order valence-corrected chi connectivity index (χ0v) is 13.8. The summed E-state index contributed by atoms with van der Waals surface area (Å²) >= 11 is 0. The van der Waals surface area contributed by atoms with Gasteiger partial charge in [-0.1, -0.05) is 0 Å². The van der Waals surface area contributed by atoms with Crippen LogP contribution in [0.1, 0.15) is 18.4 Å². The summed E-state index contributed by atoms with van der Waals surface area (Å²) in [5.74, 6) is -0.182. The molecule has 2 fully saturated rings. The molecule has 6 nitrogen and oxygen atoms in total. The first-order chi connectivity index (χ1) is 11.6. The third-order valence-electron chi connectivity index (χ3n) is 4.97. The molecule has 1 aromatic carbocycles. The molecule has 0 spiro atoms. The van der Waals surface area contributed by atoms with Crippen LogP contribution in [0.2, 0.25) is 0 Å². The van der Waals surface area contributed by atoms with E-state index in [0.717, 1.165) is 18.8 Å². The van der Waals surface area contributed by atoms with Crippen LogP contribution >= 0.6 is 0 Å². The van der Waals surface area contributed by atoms with Gasteiger partial charge < -0.3 is 14.5 Å². The van der Waals surface area contributed by atoms with Gasteiger partial charge in [-0.3, -0.25) is 9.59 Å². The first-order valence-corrected chi connectivity index (χ1v) is 8.24. The Labute approximate surface area is 141 Å². The number of hydrogen-bond donors (Lipinski definition) is 0. The molecule has 1 saturated carbocycles. The average molecular weight is 327 g/mol. The van der Waals surface area contributed by atoms with E-state index in [2.05, 4.69) is 11.0 Å². The zero-order valence-electron chi connectivity index (χ0n) is 13.8. The lowest BCUT2D eigenvalue weighted by molar-refractivity contribution is -0.154. The van der Waals surface area contributed by atoms with Crippen LogP contribution in [0.5, 0.6) is 0 Å². The summed E-state index contributed by atoms with van der Waals surface area (Å²) < 4.78 is 4.72. The van der Waals surface area contributed by atoms with Crippen LogP contribution in [0.25, 0.3) is 0 Å². The van der Waals surface area contributed by atoms with Crippen molar-refractivity contribution in [3.8, 4) is 6.07 Å². The first-order valence-electron chi connectivity index (χ1n) is 8.24. The van der Waals surface area contributed by atoms with Crippen LogP contribution in [0.4, 0.5) is 5.69 Å². The highest BCUT2D eigenvalue weighted by Crippen LogP contribution is 2.36. The highest BCUT2D eigenvalue weighted by atomic mass is 16.5. The number of hydrogen-bond acceptors (Lipinski definition) is 5. The molecule has 0 radical (unpaired) electrons. The van der Waals surface area contributed by atoms with E-state index < -0.39 is 0 Å². The molecule has 3 rings (SSSR count). The molecule has 0 unspecified atom stereocenters. The van der Waals surface area contributed by atoms with Crippen molar-refractivity contribution in [3.63, 3.8) is 0 Å². The van der Waals surface area contributed by atoms with Gasteiger partial charge in [0, 0.05) is 37.8 Å². The number of ether oxygens (including phenoxy) is 1. The second kappa shape index (κ2) is 6.91. The molecule has 24 heavy (non-hydrogen) atoms. The molecular formula is C18H21N3O3. The van der Waals surface area contributed by atoms with Gasteiger partial charge in [0.15, 0.2) is 0 Å². The van der Waals surface area contributed by atoms with Crippen molar-refractivity contribution >= 4 is 17.6 Å². The van der Waals surface area contributed by atoms with E-state index in [1.165, 1.54) is 7.11 Å². The summed E-state index contributed by atoms with van der Waals surface area (Å²) in [7, 11) is 1.39. The van der Waals surface area contributed by atoms with Crippen molar-refractivity contribution in [1.82, 2.24) is 4.90 Å². The number of methoxy groups -OCH3 is 1. The van der Waals surface area contributed by atoms with Crippen LogP contribution in [-0.2, 0) is 14.3 Å². The minimum atomic E-state index is -0.204. The zero-order chi connectivity index (χ0) is 17.1. The van der Waals surface area contributed by atoms with E-state index in [1.54, 1.807) is 0 Å². The number of esters is 1. The van der Waals surface area contributed by atoms with Gasteiger partial charge >= 0.3 is 5.97 Å². The Morgan fingerprint density at radius 3 is 2.25 bits per heavy atom. The minimum Gasteiger partial charge on any atom is -0.469 e. The highest BCUT2D eigenvalue weighted by Gasteiger charge is 2.41. The molecule has 0 N–H and O–H groups in total. The molecule has 2 aliphatic rings. The molecule has 1 amide bonds. The van der Waals surface area contributed by atoms with Crippen molar-refractivity contribution in [2.45, 2.75) is 12.8 Å². The number of benzene rings is 1. The van der Waals surface area contributed by atoms with E-state index in [-0.39, 0.29) is 23.7 Å². The lowest BCUT2D eigenvalue weighted by atomic mass is 9.74. The van der Waals surface area contributed by atoms with Crippen molar-refractivity contribution in [2.24, 2.45) is 11.8 Å². The number of carbonyl (C=O) groups excluding carboxylic acids is 2. The number of nitrogens with zero attached hydrogens (tertiary/aromatic N) is 3. The number of nitriles is 1. The summed E-state index contributed by atoms with van der Waals surface area (Å²) in [5, 5.41) is 8.85. The molecule has 1 heterocycles. The van der Waals surface area contributed by atoms with E-state index in [0.29, 0.717) is 31.5 Å². The molecule has 126 valence electrons. The van der Waals surface area contributed by atoms with Crippen molar-refractivity contribution in [3.05, 3.63) is 29.8 Å². The van der Waals surface area contributed by atoms with Crippen LogP contribution < -0.4 is 4.90 Å². The van der Waals surface area contributed by atoms with Gasteiger partial charge in [-0.25, -0.2) is 0 Å². The summed E-state index contributed by atoms with van der Waals surface area (Å²) in [6.07, 6.45) is 1.22. The number of piperazine rings is 1. The number of carbonyl (C=O) groups is 2. The quantitative estimate of drug-likeness (QED) is 0.785. The average Bonchev–Trinajstić information content (AvgIpc) is 2.60. The SMILES string of the molecule is COC(=O)C1CC(C(=O)N2CCN(c3ccc(C#N)cc3)CC2)C1. The van der Waals surface area contributed by atoms with Crippen LogP contribution in [0, 0.1) is 23.2 Å². The molecule has 1 saturated heterocycles. The first kappa shape index (κ1) is 16.3. The van der Waals surface area contributed by atoms with Crippen LogP contribution in [0.3, 0.4) is 0 Å². The largest absolute Gasteiger partial charge is 0.469 e. The van der Waals surface area contributed by atoms with Crippen LogP contribution in [-0.4, -0.2) is 50.1 Å². The Hall–Kier alpha value is -2.55. The van der Waals surface area contributed by atoms with Crippen molar-refractivity contribution in [2.75, 3.05) is 38.2 Å². The molecule has 0 atom stereocenters. The molecule has 6 heteroatoms. The van der Waals surface area contributed by atoms with Crippen LogP contribution in [0.15, 0.2) is 24.3 Å². The van der Waals surface area contributed by atoms with Gasteiger partial charge in [-0.05, 0) is 37.1 Å². The highest BCUT2D eigenvalue weighted by molar-refractivity contribution is 5.83. The molecule has 1 aliphatic heterocycles. The van der Waals surface area contributed by atoms with Gasteiger partial charge in [-0.15, -0.1) is 0 Å². The van der Waals surface area contributed by atoms with Gasteiger partial charge in [0.1, 0.15) is 0 Å². The third kappa shape index (κ3) is 3.21. The summed E-state index contributed by atoms with van der Waals surface area (Å²) in [4.78, 5) is 28.0. The second-order valence-corrected chi connectivity index (χ2v) is 6.36. The lowest BCUT2D eigenvalue weighted by Crippen LogP contribution is -2.52. The number of anilines is 1. The van der Waals surface area contributed by atoms with E-state index in [4.69, 9.17) is 10.00 Å². The maximum Gasteiger partial charge on any atom is 0.308 e. The van der Waals surface area contributed by atoms with E-state index >= 15 is 0 Å². The second-order valence-electron chi connectivity index (χ2n) is 6.36. The Kier molecular flexibility index (Phi) is 4.70. The normalized spacial score (nSPS) is 23.2. The fourth-order valence-corrected chi connectivity index (χ4v) is 3.37. The maximum atomic E-state index is 12.5. The topological polar surface area (TPSA) is 73.6 Å². The predicted octanol–water partition coefficient (Wildman–Crippen LogP) is 1.41. The van der Waals surface area contributed by atoms with Gasteiger partial charge in [0.05, 0.1) is 24.7 Å². The summed E-state index contributed by atoms with van der Waals surface area (Å²) in [6.45, 7) is 2.95. The number of amides is 1. The van der Waals surface area contributed by atoms with Gasteiger partial charge in [0.25, 0.3) is 0 Å².